The Balaban J connectivity index is 1.39. The molecule has 0 amide bonds. The van der Waals surface area contributed by atoms with E-state index in [2.05, 4.69) is 98.4 Å². The van der Waals surface area contributed by atoms with Crippen LogP contribution in [0.15, 0.2) is 36.4 Å². The summed E-state index contributed by atoms with van der Waals surface area (Å²) in [4.78, 5) is 14.8. The SMILES string of the molecule is CCc1nc2c(C)cc(C)nc2n1Cc1ccc(/C=C/CN2CCN(C(C)(C)C)CC2)cc1. The zero-order chi connectivity index (χ0) is 23.6. The fraction of sp³-hybridized carbons (Fsp3) is 0.500. The van der Waals surface area contributed by atoms with Crippen LogP contribution in [0.4, 0.5) is 0 Å². The lowest BCUT2D eigenvalue weighted by molar-refractivity contribution is 0.0675. The molecule has 5 heteroatoms. The van der Waals surface area contributed by atoms with Gasteiger partial charge in [0, 0.05) is 50.4 Å². The molecule has 3 aromatic rings. The topological polar surface area (TPSA) is 37.2 Å². The highest BCUT2D eigenvalue weighted by Crippen LogP contribution is 2.21. The number of rotatable bonds is 6. The van der Waals surface area contributed by atoms with Crippen molar-refractivity contribution in [3.8, 4) is 0 Å². The lowest BCUT2D eigenvalue weighted by Gasteiger charge is -2.42. The zero-order valence-corrected chi connectivity index (χ0v) is 21.2. The van der Waals surface area contributed by atoms with Gasteiger partial charge in [0.1, 0.15) is 11.3 Å². The van der Waals surface area contributed by atoms with E-state index in [-0.39, 0.29) is 5.54 Å². The summed E-state index contributed by atoms with van der Waals surface area (Å²) in [7, 11) is 0. The predicted molar refractivity (Wildman–Crippen MR) is 139 cm³/mol. The number of nitrogens with zero attached hydrogens (tertiary/aromatic N) is 5. The van der Waals surface area contributed by atoms with Gasteiger partial charge in [0.15, 0.2) is 5.65 Å². The van der Waals surface area contributed by atoms with Gasteiger partial charge in [-0.15, -0.1) is 0 Å². The Morgan fingerprint density at radius 2 is 1.67 bits per heavy atom. The third-order valence-electron chi connectivity index (χ3n) is 6.73. The number of benzene rings is 1. The number of fused-ring (bicyclic) bond motifs is 1. The van der Waals surface area contributed by atoms with Crippen LogP contribution in [0, 0.1) is 13.8 Å². The normalized spacial score (nSPS) is 16.3. The number of aryl methyl sites for hydroxylation is 3. The summed E-state index contributed by atoms with van der Waals surface area (Å²) >= 11 is 0. The lowest BCUT2D eigenvalue weighted by Crippen LogP contribution is -2.53. The molecule has 1 aliphatic rings. The Kier molecular flexibility index (Phi) is 7.01. The summed E-state index contributed by atoms with van der Waals surface area (Å²) < 4.78 is 2.28. The maximum absolute atomic E-state index is 4.87. The Morgan fingerprint density at radius 1 is 0.970 bits per heavy atom. The molecule has 176 valence electrons. The first-order valence-corrected chi connectivity index (χ1v) is 12.3. The predicted octanol–water partition coefficient (Wildman–Crippen LogP) is 5.09. The van der Waals surface area contributed by atoms with Crippen LogP contribution in [0.5, 0.6) is 0 Å². The van der Waals surface area contributed by atoms with Gasteiger partial charge in [0.25, 0.3) is 0 Å². The van der Waals surface area contributed by atoms with Gasteiger partial charge in [-0.1, -0.05) is 43.3 Å². The Labute approximate surface area is 199 Å². The van der Waals surface area contributed by atoms with Crippen molar-refractivity contribution in [3.63, 3.8) is 0 Å². The molecule has 4 rings (SSSR count). The lowest BCUT2D eigenvalue weighted by atomic mass is 10.0. The van der Waals surface area contributed by atoms with Gasteiger partial charge in [-0.3, -0.25) is 9.80 Å². The van der Waals surface area contributed by atoms with Gasteiger partial charge in [-0.05, 0) is 57.4 Å². The Hall–Kier alpha value is -2.50. The van der Waals surface area contributed by atoms with Crippen molar-refractivity contribution in [2.24, 2.45) is 0 Å². The van der Waals surface area contributed by atoms with Gasteiger partial charge in [-0.2, -0.15) is 0 Å². The second kappa shape index (κ2) is 9.78. The molecule has 0 aliphatic carbocycles. The number of aromatic nitrogens is 3. The molecule has 0 bridgehead atoms. The minimum atomic E-state index is 0.276. The van der Waals surface area contributed by atoms with Crippen molar-refractivity contribution in [1.82, 2.24) is 24.3 Å². The molecule has 5 nitrogen and oxygen atoms in total. The molecule has 0 N–H and O–H groups in total. The van der Waals surface area contributed by atoms with Crippen LogP contribution < -0.4 is 0 Å². The van der Waals surface area contributed by atoms with Crippen LogP contribution in [0.2, 0.25) is 0 Å². The first-order valence-electron chi connectivity index (χ1n) is 12.3. The number of hydrogen-bond donors (Lipinski definition) is 0. The van der Waals surface area contributed by atoms with E-state index in [1.807, 2.05) is 0 Å². The van der Waals surface area contributed by atoms with Gasteiger partial charge < -0.3 is 4.57 Å². The van der Waals surface area contributed by atoms with Crippen molar-refractivity contribution in [3.05, 3.63) is 64.6 Å². The third kappa shape index (κ3) is 5.53. The highest BCUT2D eigenvalue weighted by molar-refractivity contribution is 5.76. The molecule has 0 radical (unpaired) electrons. The summed E-state index contributed by atoms with van der Waals surface area (Å²) in [5.41, 5.74) is 7.08. The minimum Gasteiger partial charge on any atom is -0.308 e. The van der Waals surface area contributed by atoms with E-state index >= 15 is 0 Å². The van der Waals surface area contributed by atoms with Crippen LogP contribution in [0.25, 0.3) is 17.2 Å². The van der Waals surface area contributed by atoms with Crippen molar-refractivity contribution in [2.45, 2.75) is 60.0 Å². The molecule has 0 unspecified atom stereocenters. The molecule has 3 heterocycles. The monoisotopic (exact) mass is 445 g/mol. The summed E-state index contributed by atoms with van der Waals surface area (Å²) in [6.07, 6.45) is 5.45. The first-order chi connectivity index (χ1) is 15.7. The molecule has 33 heavy (non-hydrogen) atoms. The summed E-state index contributed by atoms with van der Waals surface area (Å²) in [6.45, 7) is 19.7. The Bertz CT molecular complexity index is 1110. The molecule has 0 spiro atoms. The molecule has 1 saturated heterocycles. The molecule has 1 aromatic carbocycles. The standard InChI is InChI=1S/C28H39N5/c1-7-25-30-26-21(2)19-22(3)29-27(26)33(25)20-24-12-10-23(11-13-24)9-8-14-31-15-17-32(18-16-31)28(4,5)6/h8-13,19H,7,14-18,20H2,1-6H3/b9-8+. The summed E-state index contributed by atoms with van der Waals surface area (Å²) in [5.74, 6) is 1.10. The maximum atomic E-state index is 4.87. The second-order valence-corrected chi connectivity index (χ2v) is 10.3. The average molecular weight is 446 g/mol. The van der Waals surface area contributed by atoms with E-state index in [9.17, 15) is 0 Å². The van der Waals surface area contributed by atoms with Gasteiger partial charge in [0.05, 0.1) is 6.54 Å². The molecular weight excluding hydrogens is 406 g/mol. The van der Waals surface area contributed by atoms with E-state index in [0.29, 0.717) is 0 Å². The number of piperazine rings is 1. The molecule has 0 atom stereocenters. The van der Waals surface area contributed by atoms with Crippen molar-refractivity contribution >= 4 is 17.2 Å². The molecule has 0 saturated carbocycles. The van der Waals surface area contributed by atoms with Gasteiger partial charge in [0.2, 0.25) is 0 Å². The van der Waals surface area contributed by atoms with E-state index in [1.165, 1.54) is 16.7 Å². The molecule has 1 fully saturated rings. The van der Waals surface area contributed by atoms with E-state index in [1.54, 1.807) is 0 Å². The van der Waals surface area contributed by atoms with Crippen LogP contribution in [0.1, 0.15) is 55.9 Å². The van der Waals surface area contributed by atoms with Crippen LogP contribution in [0.3, 0.4) is 0 Å². The van der Waals surface area contributed by atoms with Crippen LogP contribution in [-0.4, -0.2) is 62.6 Å². The molecule has 1 aliphatic heterocycles. The van der Waals surface area contributed by atoms with Gasteiger partial charge in [-0.25, -0.2) is 9.97 Å². The fourth-order valence-electron chi connectivity index (χ4n) is 4.74. The second-order valence-electron chi connectivity index (χ2n) is 10.3. The van der Waals surface area contributed by atoms with E-state index in [4.69, 9.17) is 9.97 Å². The van der Waals surface area contributed by atoms with E-state index < -0.39 is 0 Å². The highest BCUT2D eigenvalue weighted by atomic mass is 15.3. The highest BCUT2D eigenvalue weighted by Gasteiger charge is 2.25. The van der Waals surface area contributed by atoms with E-state index in [0.717, 1.165) is 68.4 Å². The molecular formula is C28H39N5. The van der Waals surface area contributed by atoms with Gasteiger partial charge >= 0.3 is 0 Å². The minimum absolute atomic E-state index is 0.276. The smallest absolute Gasteiger partial charge is 0.160 e. The Morgan fingerprint density at radius 3 is 2.30 bits per heavy atom. The summed E-state index contributed by atoms with van der Waals surface area (Å²) in [6, 6.07) is 11.0. The average Bonchev–Trinajstić information content (AvgIpc) is 3.12. The summed E-state index contributed by atoms with van der Waals surface area (Å²) in [5, 5.41) is 0. The van der Waals surface area contributed by atoms with Crippen LogP contribution >= 0.6 is 0 Å². The number of hydrogen-bond acceptors (Lipinski definition) is 4. The van der Waals surface area contributed by atoms with Crippen molar-refractivity contribution in [2.75, 3.05) is 32.7 Å². The van der Waals surface area contributed by atoms with Crippen molar-refractivity contribution in [1.29, 1.82) is 0 Å². The number of pyridine rings is 1. The van der Waals surface area contributed by atoms with Crippen molar-refractivity contribution < 1.29 is 0 Å². The zero-order valence-electron chi connectivity index (χ0n) is 21.2. The largest absolute Gasteiger partial charge is 0.308 e. The number of imidazole rings is 1. The maximum Gasteiger partial charge on any atom is 0.160 e. The third-order valence-corrected chi connectivity index (χ3v) is 6.73. The first kappa shape index (κ1) is 23.7. The molecule has 2 aromatic heterocycles. The quantitative estimate of drug-likeness (QED) is 0.530. The van der Waals surface area contributed by atoms with Crippen LogP contribution in [-0.2, 0) is 13.0 Å². The fourth-order valence-corrected chi connectivity index (χ4v) is 4.74.